The van der Waals surface area contributed by atoms with Gasteiger partial charge in [0, 0.05) is 6.20 Å². The quantitative estimate of drug-likeness (QED) is 0.223. The first kappa shape index (κ1) is 30.0. The highest BCUT2D eigenvalue weighted by Crippen LogP contribution is 2.49. The van der Waals surface area contributed by atoms with E-state index in [1.807, 2.05) is 0 Å². The highest BCUT2D eigenvalue weighted by Gasteiger charge is 2.61. The molecule has 0 amide bonds. The molecule has 5 N–H and O–H groups in total. The minimum Gasteiger partial charge on any atom is -0.462 e. The maximum atomic E-state index is 14.5. The summed E-state index contributed by atoms with van der Waals surface area (Å²) >= 11 is 5.51. The number of nitrogen functional groups attached to an aromatic ring is 1. The third kappa shape index (κ3) is 6.72. The standard InChI is InChI=1S/C22H29F2N4O8PS/c1-12(2)34-19(31)13(3)27-37(38,36-14-7-5-4-6-8-14)33-11-22(20(23)24)17(30)16(29)18(35-22)28-10-9-15(25)26-21(28)32/h4-10,12-13,16-18,20,29-30H,11H2,1-3H3,(H,27,38)(H2,25,26,32)/t13-,16+,17+,18+,22+,37?/m0/s1. The van der Waals surface area contributed by atoms with E-state index in [9.17, 15) is 28.6 Å². The van der Waals surface area contributed by atoms with Crippen molar-refractivity contribution in [1.29, 1.82) is 0 Å². The van der Waals surface area contributed by atoms with Gasteiger partial charge < -0.3 is 34.5 Å². The number of anilines is 1. The van der Waals surface area contributed by atoms with Crippen LogP contribution in [0.4, 0.5) is 14.6 Å². The number of esters is 1. The van der Waals surface area contributed by atoms with Gasteiger partial charge in [0.2, 0.25) is 0 Å². The van der Waals surface area contributed by atoms with Crippen LogP contribution in [0.1, 0.15) is 27.0 Å². The van der Waals surface area contributed by atoms with Gasteiger partial charge in [0.1, 0.15) is 29.8 Å². The summed E-state index contributed by atoms with van der Waals surface area (Å²) in [6.45, 7) is -0.173. The molecule has 16 heteroatoms. The number of nitrogens with two attached hydrogens (primary N) is 1. The number of rotatable bonds is 11. The minimum atomic E-state index is -3.80. The highest BCUT2D eigenvalue weighted by atomic mass is 32.5. The lowest BCUT2D eigenvalue weighted by molar-refractivity contribution is -0.192. The van der Waals surface area contributed by atoms with Crippen molar-refractivity contribution in [3.05, 3.63) is 53.1 Å². The molecule has 3 rings (SSSR count). The van der Waals surface area contributed by atoms with Crippen molar-refractivity contribution in [2.75, 3.05) is 12.3 Å². The Labute approximate surface area is 221 Å². The van der Waals surface area contributed by atoms with Gasteiger partial charge in [-0.15, -0.1) is 0 Å². The molecule has 1 aliphatic heterocycles. The lowest BCUT2D eigenvalue weighted by Crippen LogP contribution is -2.53. The predicted molar refractivity (Wildman–Crippen MR) is 135 cm³/mol. The molecule has 210 valence electrons. The number of benzene rings is 1. The molecule has 12 nitrogen and oxygen atoms in total. The van der Waals surface area contributed by atoms with Crippen molar-refractivity contribution < 1.29 is 42.3 Å². The highest BCUT2D eigenvalue weighted by molar-refractivity contribution is 8.09. The number of halogens is 2. The molecule has 38 heavy (non-hydrogen) atoms. The Morgan fingerprint density at radius 2 is 1.95 bits per heavy atom. The molecule has 1 unspecified atom stereocenters. The van der Waals surface area contributed by atoms with Crippen LogP contribution >= 0.6 is 6.64 Å². The van der Waals surface area contributed by atoms with E-state index in [-0.39, 0.29) is 11.6 Å². The fourth-order valence-electron chi connectivity index (χ4n) is 3.53. The fourth-order valence-corrected chi connectivity index (χ4v) is 5.95. The Balaban J connectivity index is 1.90. The maximum Gasteiger partial charge on any atom is 0.351 e. The fraction of sp³-hybridized carbons (Fsp3) is 0.500. The van der Waals surface area contributed by atoms with Crippen LogP contribution < -0.4 is 21.0 Å². The lowest BCUT2D eigenvalue weighted by Gasteiger charge is -2.34. The van der Waals surface area contributed by atoms with Crippen LogP contribution in [0.15, 0.2) is 47.4 Å². The van der Waals surface area contributed by atoms with Crippen LogP contribution in [0.5, 0.6) is 5.75 Å². The number of carbonyl (C=O) groups is 1. The number of ether oxygens (including phenoxy) is 2. The number of nitrogens with one attached hydrogen (secondary N) is 1. The molecule has 0 spiro atoms. The summed E-state index contributed by atoms with van der Waals surface area (Å²) in [6.07, 6.45) is -8.71. The van der Waals surface area contributed by atoms with Crippen molar-refractivity contribution in [3.8, 4) is 5.75 Å². The molecule has 0 radical (unpaired) electrons. The van der Waals surface area contributed by atoms with E-state index in [1.54, 1.807) is 32.0 Å². The van der Waals surface area contributed by atoms with E-state index in [1.165, 1.54) is 25.1 Å². The number of aliphatic hydroxyl groups excluding tert-OH is 2. The molecule has 2 aromatic rings. The van der Waals surface area contributed by atoms with E-state index in [0.717, 1.165) is 6.20 Å². The van der Waals surface area contributed by atoms with Crippen molar-refractivity contribution >= 4 is 30.2 Å². The van der Waals surface area contributed by atoms with Crippen LogP contribution in [0.25, 0.3) is 0 Å². The number of carbonyl (C=O) groups excluding carboxylic acids is 1. The average molecular weight is 579 g/mol. The lowest BCUT2D eigenvalue weighted by atomic mass is 9.96. The molecule has 0 saturated carbocycles. The van der Waals surface area contributed by atoms with Gasteiger partial charge in [0.25, 0.3) is 6.43 Å². The summed E-state index contributed by atoms with van der Waals surface area (Å²) < 4.78 is 51.6. The van der Waals surface area contributed by atoms with Crippen molar-refractivity contribution in [2.45, 2.75) is 63.4 Å². The number of alkyl halides is 2. The first-order valence-corrected chi connectivity index (χ1v) is 14.1. The first-order valence-electron chi connectivity index (χ1n) is 11.4. The maximum absolute atomic E-state index is 14.5. The number of hydrogen-bond acceptors (Lipinski definition) is 11. The van der Waals surface area contributed by atoms with E-state index in [2.05, 4.69) is 10.1 Å². The Kier molecular flexibility index (Phi) is 9.57. The number of aliphatic hydroxyl groups is 2. The van der Waals surface area contributed by atoms with Gasteiger partial charge in [-0.25, -0.2) is 18.7 Å². The van der Waals surface area contributed by atoms with E-state index in [0.29, 0.717) is 4.57 Å². The largest absolute Gasteiger partial charge is 0.462 e. The summed E-state index contributed by atoms with van der Waals surface area (Å²) in [5.41, 5.74) is 1.63. The number of nitrogens with zero attached hydrogens (tertiary/aromatic N) is 2. The molecule has 1 aliphatic rings. The molecule has 0 aliphatic carbocycles. The Hall–Kier alpha value is -2.52. The van der Waals surface area contributed by atoms with Crippen LogP contribution in [0.2, 0.25) is 0 Å². The Morgan fingerprint density at radius 1 is 1.29 bits per heavy atom. The van der Waals surface area contributed by atoms with Crippen LogP contribution in [-0.4, -0.2) is 68.7 Å². The van der Waals surface area contributed by atoms with Crippen LogP contribution in [-0.2, 0) is 30.6 Å². The van der Waals surface area contributed by atoms with Gasteiger partial charge >= 0.3 is 18.3 Å². The summed E-state index contributed by atoms with van der Waals surface area (Å²) in [4.78, 5) is 28.1. The minimum absolute atomic E-state index is 0.141. The second-order valence-electron chi connectivity index (χ2n) is 8.75. The van der Waals surface area contributed by atoms with E-state index in [4.69, 9.17) is 36.1 Å². The summed E-state index contributed by atoms with van der Waals surface area (Å²) in [5, 5.41) is 23.9. The second kappa shape index (κ2) is 12.1. The molecule has 2 heterocycles. The molecular weight excluding hydrogens is 549 g/mol. The van der Waals surface area contributed by atoms with E-state index >= 15 is 0 Å². The number of para-hydroxylation sites is 1. The summed E-state index contributed by atoms with van der Waals surface area (Å²) in [7, 11) is 0. The normalized spacial score (nSPS) is 25.8. The van der Waals surface area contributed by atoms with Gasteiger partial charge in [-0.1, -0.05) is 18.2 Å². The van der Waals surface area contributed by atoms with Crippen molar-refractivity contribution in [2.24, 2.45) is 0 Å². The summed E-state index contributed by atoms with van der Waals surface area (Å²) in [5.74, 6) is -0.622. The van der Waals surface area contributed by atoms with Gasteiger partial charge in [-0.2, -0.15) is 4.98 Å². The van der Waals surface area contributed by atoms with Gasteiger partial charge in [-0.3, -0.25) is 9.36 Å². The van der Waals surface area contributed by atoms with Crippen LogP contribution in [0, 0.1) is 0 Å². The van der Waals surface area contributed by atoms with Gasteiger partial charge in [-0.05, 0) is 50.8 Å². The Bertz CT molecular complexity index is 1220. The molecule has 1 saturated heterocycles. The zero-order chi connectivity index (χ0) is 28.3. The topological polar surface area (TPSA) is 167 Å². The molecular formula is C22H29F2N4O8PS. The molecule has 1 aromatic carbocycles. The zero-order valence-electron chi connectivity index (χ0n) is 20.6. The summed E-state index contributed by atoms with van der Waals surface area (Å²) in [6, 6.07) is 8.17. The average Bonchev–Trinajstić information content (AvgIpc) is 3.09. The van der Waals surface area contributed by atoms with Gasteiger partial charge in [0.05, 0.1) is 12.7 Å². The van der Waals surface area contributed by atoms with Crippen LogP contribution in [0.3, 0.4) is 0 Å². The predicted octanol–water partition coefficient (Wildman–Crippen LogP) is 1.33. The van der Waals surface area contributed by atoms with Crippen molar-refractivity contribution in [3.63, 3.8) is 0 Å². The monoisotopic (exact) mass is 578 g/mol. The zero-order valence-corrected chi connectivity index (χ0v) is 22.4. The second-order valence-corrected chi connectivity index (χ2v) is 11.9. The molecule has 0 bridgehead atoms. The SMILES string of the molecule is CC(C)OC(=O)[C@H](C)NP(=S)(OC[C@@]1(C(F)F)O[C@@H](n2ccc(N)nc2=O)[C@H](O)[C@H]1O)Oc1ccccc1. The van der Waals surface area contributed by atoms with E-state index < -0.39 is 67.5 Å². The third-order valence-electron chi connectivity index (χ3n) is 5.44. The third-order valence-corrected chi connectivity index (χ3v) is 7.92. The molecule has 1 aromatic heterocycles. The molecule has 6 atom stereocenters. The van der Waals surface area contributed by atoms with Gasteiger partial charge in [0.15, 0.2) is 11.8 Å². The number of aromatic nitrogens is 2. The van der Waals surface area contributed by atoms with Crippen molar-refractivity contribution in [1.82, 2.24) is 14.6 Å². The number of hydrogen-bond donors (Lipinski definition) is 4. The first-order chi connectivity index (χ1) is 17.8. The Morgan fingerprint density at radius 3 is 2.53 bits per heavy atom. The molecule has 1 fully saturated rings. The smallest absolute Gasteiger partial charge is 0.351 e.